The van der Waals surface area contributed by atoms with Crippen LogP contribution in [0.3, 0.4) is 0 Å². The van der Waals surface area contributed by atoms with Crippen LogP contribution in [0.2, 0.25) is 0 Å². The normalized spacial score (nSPS) is 10.2. The van der Waals surface area contributed by atoms with Crippen molar-refractivity contribution >= 4 is 38.5 Å². The second kappa shape index (κ2) is 3.82. The van der Waals surface area contributed by atoms with Crippen molar-refractivity contribution in [3.63, 3.8) is 0 Å². The molecule has 0 spiro atoms. The minimum Gasteiger partial charge on any atom is -0.326 e. The van der Waals surface area contributed by atoms with Crippen LogP contribution in [0.15, 0.2) is 16.6 Å². The van der Waals surface area contributed by atoms with Crippen molar-refractivity contribution in [2.75, 3.05) is 0 Å². The summed E-state index contributed by atoms with van der Waals surface area (Å²) in [5.74, 6) is -0.222. The Bertz CT molecular complexity index is 254. The van der Waals surface area contributed by atoms with Gasteiger partial charge in [-0.15, -0.1) is 0 Å². The van der Waals surface area contributed by atoms with Gasteiger partial charge in [-0.05, 0) is 56.2 Å². The lowest BCUT2D eigenvalue weighted by Crippen LogP contribution is -1.98. The van der Waals surface area contributed by atoms with Gasteiger partial charge in [-0.1, -0.05) is 0 Å². The Balaban J connectivity index is 3.21. The van der Waals surface area contributed by atoms with Crippen LogP contribution in [-0.4, -0.2) is 0 Å². The molecule has 0 radical (unpaired) electrons. The Labute approximate surface area is 86.4 Å². The zero-order valence-electron chi connectivity index (χ0n) is 5.57. The molecule has 0 aliphatic carbocycles. The largest absolute Gasteiger partial charge is 0.326 e. The van der Waals surface area contributed by atoms with E-state index >= 15 is 0 Å². The molecule has 0 saturated carbocycles. The Morgan fingerprint density at radius 3 is 2.64 bits per heavy atom. The Kier molecular flexibility index (Phi) is 3.27. The maximum Gasteiger partial charge on any atom is 0.137 e. The summed E-state index contributed by atoms with van der Waals surface area (Å²) in [6, 6.07) is 3.28. The molecule has 60 valence electrons. The Morgan fingerprint density at radius 2 is 2.18 bits per heavy atom. The first-order valence-electron chi connectivity index (χ1n) is 2.98. The predicted octanol–water partition coefficient (Wildman–Crippen LogP) is 2.65. The zero-order valence-corrected chi connectivity index (χ0v) is 9.32. The van der Waals surface area contributed by atoms with Crippen molar-refractivity contribution in [3.05, 3.63) is 31.6 Å². The summed E-state index contributed by atoms with van der Waals surface area (Å²) in [4.78, 5) is 0. The molecule has 1 nitrogen and oxygen atoms in total. The number of halogens is 3. The van der Waals surface area contributed by atoms with E-state index < -0.39 is 0 Å². The highest BCUT2D eigenvalue weighted by Gasteiger charge is 2.04. The lowest BCUT2D eigenvalue weighted by Gasteiger charge is -2.01. The van der Waals surface area contributed by atoms with Crippen LogP contribution in [0.4, 0.5) is 4.39 Å². The average molecular weight is 330 g/mol. The average Bonchev–Trinajstić information content (AvgIpc) is 1.99. The van der Waals surface area contributed by atoms with Crippen molar-refractivity contribution in [1.82, 2.24) is 0 Å². The van der Waals surface area contributed by atoms with Crippen LogP contribution in [0, 0.1) is 9.39 Å². The standard InChI is InChI=1S/C7H6BrFIN/c8-5-1-4(3-11)2-6(9)7(5)10/h1-2H,3,11H2. The van der Waals surface area contributed by atoms with Crippen LogP contribution in [0.25, 0.3) is 0 Å². The van der Waals surface area contributed by atoms with Crippen LogP contribution < -0.4 is 5.73 Å². The summed E-state index contributed by atoms with van der Waals surface area (Å²) >= 11 is 5.17. The lowest BCUT2D eigenvalue weighted by atomic mass is 10.2. The minimum atomic E-state index is -0.222. The fourth-order valence-corrected chi connectivity index (χ4v) is 1.52. The summed E-state index contributed by atoms with van der Waals surface area (Å²) < 4.78 is 14.3. The van der Waals surface area contributed by atoms with Crippen LogP contribution in [0.5, 0.6) is 0 Å². The molecule has 0 aliphatic heterocycles. The van der Waals surface area contributed by atoms with Gasteiger partial charge in [0.05, 0.1) is 3.57 Å². The third-order valence-electron chi connectivity index (χ3n) is 1.28. The number of hydrogen-bond donors (Lipinski definition) is 1. The highest BCUT2D eigenvalue weighted by Crippen LogP contribution is 2.23. The van der Waals surface area contributed by atoms with E-state index in [9.17, 15) is 4.39 Å². The first-order chi connectivity index (χ1) is 5.15. The van der Waals surface area contributed by atoms with E-state index in [0.717, 1.165) is 10.0 Å². The first kappa shape index (κ1) is 9.41. The fraction of sp³-hybridized carbons (Fsp3) is 0.143. The molecule has 0 amide bonds. The van der Waals surface area contributed by atoms with Gasteiger partial charge in [0.2, 0.25) is 0 Å². The van der Waals surface area contributed by atoms with E-state index in [4.69, 9.17) is 5.73 Å². The highest BCUT2D eigenvalue weighted by atomic mass is 127. The van der Waals surface area contributed by atoms with Crippen molar-refractivity contribution in [2.45, 2.75) is 6.54 Å². The quantitative estimate of drug-likeness (QED) is 0.622. The number of rotatable bonds is 1. The third kappa shape index (κ3) is 2.13. The molecule has 0 heterocycles. The van der Waals surface area contributed by atoms with Gasteiger partial charge in [0.15, 0.2) is 0 Å². The monoisotopic (exact) mass is 329 g/mol. The molecular weight excluding hydrogens is 324 g/mol. The number of hydrogen-bond acceptors (Lipinski definition) is 1. The zero-order chi connectivity index (χ0) is 8.43. The van der Waals surface area contributed by atoms with E-state index in [2.05, 4.69) is 15.9 Å². The van der Waals surface area contributed by atoms with Crippen LogP contribution in [0.1, 0.15) is 5.56 Å². The predicted molar refractivity (Wildman–Crippen MR) is 54.7 cm³/mol. The number of benzene rings is 1. The van der Waals surface area contributed by atoms with Crippen molar-refractivity contribution < 1.29 is 4.39 Å². The molecule has 4 heteroatoms. The summed E-state index contributed by atoms with van der Waals surface area (Å²) in [6.07, 6.45) is 0. The van der Waals surface area contributed by atoms with Crippen molar-refractivity contribution in [1.29, 1.82) is 0 Å². The molecule has 0 unspecified atom stereocenters. The second-order valence-electron chi connectivity index (χ2n) is 2.08. The van der Waals surface area contributed by atoms with Gasteiger partial charge < -0.3 is 5.73 Å². The molecular formula is C7H6BrFIN. The van der Waals surface area contributed by atoms with E-state index in [1.165, 1.54) is 6.07 Å². The Hall–Kier alpha value is 0.320. The maximum absolute atomic E-state index is 12.9. The fourth-order valence-electron chi connectivity index (χ4n) is 0.726. The summed E-state index contributed by atoms with van der Waals surface area (Å²) in [5, 5.41) is 0. The van der Waals surface area contributed by atoms with E-state index in [1.54, 1.807) is 0 Å². The van der Waals surface area contributed by atoms with Gasteiger partial charge >= 0.3 is 0 Å². The van der Waals surface area contributed by atoms with Crippen LogP contribution >= 0.6 is 38.5 Å². The van der Waals surface area contributed by atoms with E-state index in [1.807, 2.05) is 28.7 Å². The highest BCUT2D eigenvalue weighted by molar-refractivity contribution is 14.1. The smallest absolute Gasteiger partial charge is 0.137 e. The van der Waals surface area contributed by atoms with Gasteiger partial charge in [-0.3, -0.25) is 0 Å². The van der Waals surface area contributed by atoms with Crippen molar-refractivity contribution in [3.8, 4) is 0 Å². The molecule has 11 heavy (non-hydrogen) atoms. The van der Waals surface area contributed by atoms with E-state index in [0.29, 0.717) is 10.1 Å². The summed E-state index contributed by atoms with van der Waals surface area (Å²) in [7, 11) is 0. The SMILES string of the molecule is NCc1cc(F)c(I)c(Br)c1. The lowest BCUT2D eigenvalue weighted by molar-refractivity contribution is 0.616. The van der Waals surface area contributed by atoms with Crippen LogP contribution in [-0.2, 0) is 6.54 Å². The van der Waals surface area contributed by atoms with Gasteiger partial charge in [0.25, 0.3) is 0 Å². The minimum absolute atomic E-state index is 0.222. The van der Waals surface area contributed by atoms with Gasteiger partial charge in [-0.2, -0.15) is 0 Å². The van der Waals surface area contributed by atoms with Gasteiger partial charge in [0, 0.05) is 11.0 Å². The van der Waals surface area contributed by atoms with Gasteiger partial charge in [0.1, 0.15) is 5.82 Å². The molecule has 0 atom stereocenters. The van der Waals surface area contributed by atoms with Gasteiger partial charge in [-0.25, -0.2) is 4.39 Å². The topological polar surface area (TPSA) is 26.0 Å². The molecule has 0 bridgehead atoms. The first-order valence-corrected chi connectivity index (χ1v) is 4.86. The van der Waals surface area contributed by atoms with E-state index in [-0.39, 0.29) is 5.82 Å². The molecule has 0 fully saturated rings. The maximum atomic E-state index is 12.9. The molecule has 2 N–H and O–H groups in total. The summed E-state index contributed by atoms with van der Waals surface area (Å²) in [6.45, 7) is 0.367. The third-order valence-corrected chi connectivity index (χ3v) is 3.74. The molecule has 1 rings (SSSR count). The summed E-state index contributed by atoms with van der Waals surface area (Å²) in [5.41, 5.74) is 6.15. The number of nitrogens with two attached hydrogens (primary N) is 1. The van der Waals surface area contributed by atoms with Crippen molar-refractivity contribution in [2.24, 2.45) is 5.73 Å². The molecule has 1 aromatic rings. The molecule has 0 aliphatic rings. The molecule has 1 aromatic carbocycles. The second-order valence-corrected chi connectivity index (χ2v) is 4.01. The molecule has 0 aromatic heterocycles. The Morgan fingerprint density at radius 1 is 1.55 bits per heavy atom. The molecule has 0 saturated heterocycles.